The van der Waals surface area contributed by atoms with E-state index in [9.17, 15) is 0 Å². The molecule has 0 spiro atoms. The standard InChI is InChI=1S/C13H14ClN3/c1-3-9-6-5-7-15-12(9)13-16-10(4-2)8-11(14)17-13/h5-8H,3-4H2,1-2H3. The van der Waals surface area contributed by atoms with Crippen LogP contribution in [0.25, 0.3) is 11.5 Å². The van der Waals surface area contributed by atoms with Crippen molar-refractivity contribution < 1.29 is 0 Å². The third-order valence-corrected chi connectivity index (χ3v) is 2.79. The molecule has 0 radical (unpaired) electrons. The van der Waals surface area contributed by atoms with Crippen LogP contribution >= 0.6 is 11.6 Å². The zero-order chi connectivity index (χ0) is 12.3. The average molecular weight is 248 g/mol. The Bertz CT molecular complexity index is 526. The molecule has 3 nitrogen and oxygen atoms in total. The lowest BCUT2D eigenvalue weighted by atomic mass is 10.1. The van der Waals surface area contributed by atoms with Crippen LogP contribution in [-0.4, -0.2) is 15.0 Å². The average Bonchev–Trinajstić information content (AvgIpc) is 2.37. The van der Waals surface area contributed by atoms with Gasteiger partial charge in [-0.15, -0.1) is 0 Å². The molecule has 17 heavy (non-hydrogen) atoms. The highest BCUT2D eigenvalue weighted by molar-refractivity contribution is 6.29. The summed E-state index contributed by atoms with van der Waals surface area (Å²) in [5.74, 6) is 0.617. The summed E-state index contributed by atoms with van der Waals surface area (Å²) in [4.78, 5) is 13.1. The molecule has 0 atom stereocenters. The van der Waals surface area contributed by atoms with E-state index in [1.165, 1.54) is 0 Å². The molecule has 0 bridgehead atoms. The van der Waals surface area contributed by atoms with Crippen LogP contribution in [0.2, 0.25) is 5.15 Å². The van der Waals surface area contributed by atoms with Crippen molar-refractivity contribution in [1.82, 2.24) is 15.0 Å². The lowest BCUT2D eigenvalue weighted by Crippen LogP contribution is -1.99. The fourth-order valence-electron chi connectivity index (χ4n) is 1.68. The summed E-state index contributed by atoms with van der Waals surface area (Å²) in [7, 11) is 0. The van der Waals surface area contributed by atoms with Crippen LogP contribution in [0.15, 0.2) is 24.4 Å². The molecular weight excluding hydrogens is 234 g/mol. The van der Waals surface area contributed by atoms with Crippen molar-refractivity contribution in [2.75, 3.05) is 0 Å². The monoisotopic (exact) mass is 247 g/mol. The van der Waals surface area contributed by atoms with Gasteiger partial charge >= 0.3 is 0 Å². The summed E-state index contributed by atoms with van der Waals surface area (Å²) in [6, 6.07) is 5.76. The van der Waals surface area contributed by atoms with Crippen molar-refractivity contribution in [3.05, 3.63) is 40.8 Å². The van der Waals surface area contributed by atoms with Gasteiger partial charge in [0, 0.05) is 11.9 Å². The fourth-order valence-corrected chi connectivity index (χ4v) is 1.88. The normalized spacial score (nSPS) is 10.5. The van der Waals surface area contributed by atoms with Crippen molar-refractivity contribution in [3.8, 4) is 11.5 Å². The molecule has 0 fully saturated rings. The topological polar surface area (TPSA) is 38.7 Å². The first kappa shape index (κ1) is 12.0. The first-order valence-corrected chi connectivity index (χ1v) is 6.10. The summed E-state index contributed by atoms with van der Waals surface area (Å²) in [5.41, 5.74) is 2.90. The summed E-state index contributed by atoms with van der Waals surface area (Å²) in [6.45, 7) is 4.13. The molecular formula is C13H14ClN3. The summed E-state index contributed by atoms with van der Waals surface area (Å²) in [6.07, 6.45) is 3.49. The van der Waals surface area contributed by atoms with Gasteiger partial charge in [0.15, 0.2) is 5.82 Å². The lowest BCUT2D eigenvalue weighted by Gasteiger charge is -2.06. The second-order valence-electron chi connectivity index (χ2n) is 3.72. The van der Waals surface area contributed by atoms with Crippen LogP contribution in [0.5, 0.6) is 0 Å². The number of aryl methyl sites for hydroxylation is 2. The zero-order valence-corrected chi connectivity index (χ0v) is 10.7. The molecule has 88 valence electrons. The maximum atomic E-state index is 6.00. The minimum atomic E-state index is 0.472. The van der Waals surface area contributed by atoms with Gasteiger partial charge in [-0.2, -0.15) is 0 Å². The molecule has 2 aromatic heterocycles. The Morgan fingerprint density at radius 1 is 1.18 bits per heavy atom. The van der Waals surface area contributed by atoms with E-state index < -0.39 is 0 Å². The van der Waals surface area contributed by atoms with E-state index in [4.69, 9.17) is 11.6 Å². The second-order valence-corrected chi connectivity index (χ2v) is 4.11. The van der Waals surface area contributed by atoms with Gasteiger partial charge in [0.2, 0.25) is 0 Å². The number of hydrogen-bond acceptors (Lipinski definition) is 3. The predicted molar refractivity (Wildman–Crippen MR) is 69.0 cm³/mol. The van der Waals surface area contributed by atoms with Crippen LogP contribution < -0.4 is 0 Å². The number of nitrogens with zero attached hydrogens (tertiary/aromatic N) is 3. The van der Waals surface area contributed by atoms with Crippen LogP contribution in [0.4, 0.5) is 0 Å². The van der Waals surface area contributed by atoms with E-state index >= 15 is 0 Å². The number of hydrogen-bond donors (Lipinski definition) is 0. The third-order valence-electron chi connectivity index (χ3n) is 2.59. The first-order valence-electron chi connectivity index (χ1n) is 5.72. The van der Waals surface area contributed by atoms with Gasteiger partial charge in [0.05, 0.1) is 0 Å². The Kier molecular flexibility index (Phi) is 3.69. The SMILES string of the molecule is CCc1cc(Cl)nc(-c2ncccc2CC)n1. The van der Waals surface area contributed by atoms with Crippen molar-refractivity contribution in [2.24, 2.45) is 0 Å². The molecule has 0 saturated carbocycles. The predicted octanol–water partition coefficient (Wildman–Crippen LogP) is 3.32. The molecule has 4 heteroatoms. The molecule has 0 saturated heterocycles. The molecule has 2 aromatic rings. The van der Waals surface area contributed by atoms with Gasteiger partial charge in [-0.1, -0.05) is 31.5 Å². The molecule has 0 unspecified atom stereocenters. The second kappa shape index (κ2) is 5.23. The maximum absolute atomic E-state index is 6.00. The summed E-state index contributed by atoms with van der Waals surface area (Å²) >= 11 is 6.00. The van der Waals surface area contributed by atoms with Gasteiger partial charge in [0.25, 0.3) is 0 Å². The smallest absolute Gasteiger partial charge is 0.180 e. The zero-order valence-electron chi connectivity index (χ0n) is 9.94. The number of aromatic nitrogens is 3. The largest absolute Gasteiger partial charge is 0.253 e. The molecule has 2 rings (SSSR count). The Hall–Kier alpha value is -1.48. The molecule has 0 aromatic carbocycles. The van der Waals surface area contributed by atoms with Gasteiger partial charge < -0.3 is 0 Å². The molecule has 2 heterocycles. The Labute approximate surface area is 106 Å². The van der Waals surface area contributed by atoms with Crippen molar-refractivity contribution in [3.63, 3.8) is 0 Å². The van der Waals surface area contributed by atoms with Crippen LogP contribution in [0.1, 0.15) is 25.1 Å². The molecule has 0 amide bonds. The highest BCUT2D eigenvalue weighted by Crippen LogP contribution is 2.20. The van der Waals surface area contributed by atoms with Gasteiger partial charge in [-0.3, -0.25) is 4.98 Å². The van der Waals surface area contributed by atoms with Gasteiger partial charge in [-0.05, 0) is 30.5 Å². The van der Waals surface area contributed by atoms with Gasteiger partial charge in [-0.25, -0.2) is 9.97 Å². The van der Waals surface area contributed by atoms with Crippen molar-refractivity contribution in [2.45, 2.75) is 26.7 Å². The summed E-state index contributed by atoms with van der Waals surface area (Å²) < 4.78 is 0. The van der Waals surface area contributed by atoms with E-state index in [2.05, 4.69) is 21.9 Å². The van der Waals surface area contributed by atoms with E-state index in [1.807, 2.05) is 19.1 Å². The Morgan fingerprint density at radius 2 is 2.00 bits per heavy atom. The first-order chi connectivity index (χ1) is 8.24. The number of pyridine rings is 1. The molecule has 0 N–H and O–H groups in total. The highest BCUT2D eigenvalue weighted by atomic mass is 35.5. The van der Waals surface area contributed by atoms with Gasteiger partial charge in [0.1, 0.15) is 10.8 Å². The highest BCUT2D eigenvalue weighted by Gasteiger charge is 2.09. The van der Waals surface area contributed by atoms with Crippen LogP contribution in [-0.2, 0) is 12.8 Å². The quantitative estimate of drug-likeness (QED) is 0.781. The fraction of sp³-hybridized carbons (Fsp3) is 0.308. The van der Waals surface area contributed by atoms with E-state index in [0.717, 1.165) is 29.8 Å². The van der Waals surface area contributed by atoms with Crippen LogP contribution in [0.3, 0.4) is 0 Å². The van der Waals surface area contributed by atoms with E-state index in [1.54, 1.807) is 12.3 Å². The van der Waals surface area contributed by atoms with Crippen LogP contribution in [0, 0.1) is 0 Å². The molecule has 0 aliphatic carbocycles. The maximum Gasteiger partial charge on any atom is 0.180 e. The Morgan fingerprint density at radius 3 is 2.71 bits per heavy atom. The van der Waals surface area contributed by atoms with E-state index in [-0.39, 0.29) is 0 Å². The van der Waals surface area contributed by atoms with Crippen molar-refractivity contribution in [1.29, 1.82) is 0 Å². The van der Waals surface area contributed by atoms with E-state index in [0.29, 0.717) is 11.0 Å². The number of halogens is 1. The number of rotatable bonds is 3. The minimum Gasteiger partial charge on any atom is -0.253 e. The molecule has 0 aliphatic rings. The summed E-state index contributed by atoms with van der Waals surface area (Å²) in [5, 5.41) is 0.472. The van der Waals surface area contributed by atoms with Crippen molar-refractivity contribution >= 4 is 11.6 Å². The minimum absolute atomic E-state index is 0.472. The molecule has 0 aliphatic heterocycles. The third kappa shape index (κ3) is 2.61. The lowest BCUT2D eigenvalue weighted by molar-refractivity contribution is 0.988. The Balaban J connectivity index is 2.55.